The lowest BCUT2D eigenvalue weighted by Gasteiger charge is -2.37. The third-order valence-electron chi connectivity index (χ3n) is 9.08. The van der Waals surface area contributed by atoms with Crippen molar-refractivity contribution in [2.75, 3.05) is 38.8 Å². The van der Waals surface area contributed by atoms with Crippen LogP contribution in [0.3, 0.4) is 0 Å². The van der Waals surface area contributed by atoms with Gasteiger partial charge in [0.25, 0.3) is 0 Å². The van der Waals surface area contributed by atoms with Gasteiger partial charge in [-0.15, -0.1) is 0 Å². The van der Waals surface area contributed by atoms with Crippen molar-refractivity contribution in [2.45, 2.75) is 57.1 Å². The number of para-hydroxylation sites is 1. The number of rotatable bonds is 9. The Morgan fingerprint density at radius 2 is 1.80 bits per heavy atom. The Labute approximate surface area is 260 Å². The summed E-state index contributed by atoms with van der Waals surface area (Å²) in [6.45, 7) is 4.80. The quantitative estimate of drug-likeness (QED) is 0.234. The summed E-state index contributed by atoms with van der Waals surface area (Å²) in [5, 5.41) is 0. The van der Waals surface area contributed by atoms with Crippen LogP contribution in [0, 0.1) is 0 Å². The van der Waals surface area contributed by atoms with Crippen molar-refractivity contribution in [2.24, 2.45) is 10.7 Å². The number of piperidine rings is 1. The maximum atomic E-state index is 14.3. The maximum Gasteiger partial charge on any atom is 0.238 e. The summed E-state index contributed by atoms with van der Waals surface area (Å²) in [6, 6.07) is 21.7. The minimum absolute atomic E-state index is 0.0604. The number of carbonyl (C=O) groups excluding carboxylic acids is 1. The first-order valence-corrected chi connectivity index (χ1v) is 15.6. The van der Waals surface area contributed by atoms with Crippen LogP contribution in [0.5, 0.6) is 11.5 Å². The van der Waals surface area contributed by atoms with Gasteiger partial charge in [0.1, 0.15) is 17.6 Å². The van der Waals surface area contributed by atoms with Crippen molar-refractivity contribution in [3.8, 4) is 11.5 Å². The summed E-state index contributed by atoms with van der Waals surface area (Å²) in [7, 11) is 3.80. The van der Waals surface area contributed by atoms with E-state index in [9.17, 15) is 4.79 Å². The molecule has 8 heteroatoms. The average Bonchev–Trinajstić information content (AvgIpc) is 3.27. The number of ether oxygens (including phenoxy) is 3. The SMILES string of the molecule is CCOC(C=C(N)c1cc(OC2CCN(C)CC2)c2c(c1)C1(CCC1)C(=O)N2Cc1ccc(OC)cc1)=Nc1ccccc1. The molecule has 3 aromatic carbocycles. The summed E-state index contributed by atoms with van der Waals surface area (Å²) >= 11 is 0. The Balaban J connectivity index is 1.43. The molecule has 0 unspecified atom stereocenters. The normalized spacial score (nSPS) is 18.7. The molecule has 2 fully saturated rings. The van der Waals surface area contributed by atoms with Crippen molar-refractivity contribution in [1.29, 1.82) is 0 Å². The second-order valence-corrected chi connectivity index (χ2v) is 12.0. The van der Waals surface area contributed by atoms with Crippen LogP contribution >= 0.6 is 0 Å². The van der Waals surface area contributed by atoms with Crippen molar-refractivity contribution >= 4 is 28.9 Å². The molecule has 1 aliphatic carbocycles. The highest BCUT2D eigenvalue weighted by atomic mass is 16.5. The number of hydrogen-bond acceptors (Lipinski definition) is 7. The molecule has 230 valence electrons. The number of nitrogens with zero attached hydrogens (tertiary/aromatic N) is 3. The number of benzene rings is 3. The third kappa shape index (κ3) is 5.91. The van der Waals surface area contributed by atoms with Gasteiger partial charge in [-0.05, 0) is 87.2 Å². The third-order valence-corrected chi connectivity index (χ3v) is 9.08. The fraction of sp³-hybridized carbons (Fsp3) is 0.389. The molecule has 3 aliphatic rings. The Hall–Kier alpha value is -4.30. The van der Waals surface area contributed by atoms with Crippen LogP contribution in [-0.4, -0.2) is 56.7 Å². The van der Waals surface area contributed by atoms with E-state index in [-0.39, 0.29) is 12.0 Å². The van der Waals surface area contributed by atoms with Gasteiger partial charge in [0.05, 0.1) is 37.1 Å². The molecule has 44 heavy (non-hydrogen) atoms. The first-order valence-electron chi connectivity index (χ1n) is 15.6. The lowest BCUT2D eigenvalue weighted by atomic mass is 9.65. The minimum atomic E-state index is -0.552. The van der Waals surface area contributed by atoms with Crippen molar-refractivity contribution in [3.63, 3.8) is 0 Å². The molecule has 8 nitrogen and oxygen atoms in total. The van der Waals surface area contributed by atoms with Crippen LogP contribution in [0.1, 0.15) is 55.7 Å². The number of hydrogen-bond donors (Lipinski definition) is 1. The van der Waals surface area contributed by atoms with Gasteiger partial charge in [-0.25, -0.2) is 4.99 Å². The molecule has 0 atom stereocenters. The predicted molar refractivity (Wildman–Crippen MR) is 175 cm³/mol. The van der Waals surface area contributed by atoms with E-state index in [4.69, 9.17) is 19.9 Å². The molecule has 1 saturated carbocycles. The highest BCUT2D eigenvalue weighted by Gasteiger charge is 2.55. The fourth-order valence-electron chi connectivity index (χ4n) is 6.44. The van der Waals surface area contributed by atoms with Crippen LogP contribution < -0.4 is 20.1 Å². The Kier molecular flexibility index (Phi) is 8.62. The van der Waals surface area contributed by atoms with Gasteiger partial charge in [0.2, 0.25) is 11.8 Å². The van der Waals surface area contributed by atoms with Crippen LogP contribution in [-0.2, 0) is 21.5 Å². The number of fused-ring (bicyclic) bond motifs is 2. The molecule has 0 aromatic heterocycles. The van der Waals surface area contributed by atoms with Gasteiger partial charge in [-0.3, -0.25) is 4.79 Å². The van der Waals surface area contributed by atoms with E-state index in [1.807, 2.05) is 72.5 Å². The summed E-state index contributed by atoms with van der Waals surface area (Å²) < 4.78 is 18.0. The van der Waals surface area contributed by atoms with E-state index < -0.39 is 5.41 Å². The summed E-state index contributed by atoms with van der Waals surface area (Å²) in [5.74, 6) is 2.08. The first-order chi connectivity index (χ1) is 21.4. The Bertz CT molecular complexity index is 1540. The summed E-state index contributed by atoms with van der Waals surface area (Å²) in [5.41, 5.74) is 11.3. The number of carbonyl (C=O) groups is 1. The molecule has 1 amide bonds. The van der Waals surface area contributed by atoms with Gasteiger partial charge in [0, 0.05) is 30.4 Å². The molecule has 2 aliphatic heterocycles. The second kappa shape index (κ2) is 12.7. The van der Waals surface area contributed by atoms with Gasteiger partial charge >= 0.3 is 0 Å². The topological polar surface area (TPSA) is 89.6 Å². The number of methoxy groups -OCH3 is 1. The second-order valence-electron chi connectivity index (χ2n) is 12.0. The van der Waals surface area contributed by atoms with E-state index in [0.29, 0.717) is 30.5 Å². The Morgan fingerprint density at radius 1 is 1.07 bits per heavy atom. The van der Waals surface area contributed by atoms with Crippen LogP contribution in [0.15, 0.2) is 77.8 Å². The molecular formula is C36H42N4O4. The number of likely N-dealkylation sites (tertiary alicyclic amines) is 1. The van der Waals surface area contributed by atoms with E-state index in [1.54, 1.807) is 13.2 Å². The molecule has 2 N–H and O–H groups in total. The van der Waals surface area contributed by atoms with E-state index >= 15 is 0 Å². The molecule has 0 radical (unpaired) electrons. The molecule has 1 spiro atoms. The lowest BCUT2D eigenvalue weighted by Crippen LogP contribution is -2.44. The smallest absolute Gasteiger partial charge is 0.238 e. The monoisotopic (exact) mass is 594 g/mol. The predicted octanol–water partition coefficient (Wildman–Crippen LogP) is 6.20. The number of anilines is 1. The van der Waals surface area contributed by atoms with Crippen molar-refractivity contribution in [3.05, 3.63) is 89.5 Å². The fourth-order valence-corrected chi connectivity index (χ4v) is 6.44. The van der Waals surface area contributed by atoms with Gasteiger partial charge in [-0.1, -0.05) is 36.8 Å². The number of aliphatic imine (C=N–C) groups is 1. The first kappa shape index (κ1) is 29.8. The zero-order chi connectivity index (χ0) is 30.7. The maximum absolute atomic E-state index is 14.3. The molecule has 6 rings (SSSR count). The van der Waals surface area contributed by atoms with E-state index in [2.05, 4.69) is 23.0 Å². The molecule has 1 saturated heterocycles. The standard InChI is InChI=1S/C36H42N4O4/c1-4-43-33(38-27-9-6-5-7-10-27)23-31(37)26-21-30-34(32(22-26)44-29-15-19-39(2)20-16-29)40(35(41)36(30)17-8-18-36)24-25-11-13-28(42-3)14-12-25/h5-7,9-14,21-23,29H,4,8,15-20,24,37H2,1-3H3. The zero-order valence-electron chi connectivity index (χ0n) is 25.9. The molecule has 0 bridgehead atoms. The van der Waals surface area contributed by atoms with Crippen LogP contribution in [0.2, 0.25) is 0 Å². The van der Waals surface area contributed by atoms with Gasteiger partial charge in [0.15, 0.2) is 0 Å². The largest absolute Gasteiger partial charge is 0.497 e. The van der Waals surface area contributed by atoms with E-state index in [1.165, 1.54) is 0 Å². The molecule has 3 aromatic rings. The Morgan fingerprint density at radius 3 is 2.43 bits per heavy atom. The molecular weight excluding hydrogens is 552 g/mol. The van der Waals surface area contributed by atoms with Crippen LogP contribution in [0.4, 0.5) is 11.4 Å². The summed E-state index contributed by atoms with van der Waals surface area (Å²) in [6.07, 6.45) is 6.34. The van der Waals surface area contributed by atoms with Gasteiger partial charge in [-0.2, -0.15) is 0 Å². The van der Waals surface area contributed by atoms with Gasteiger partial charge < -0.3 is 29.7 Å². The zero-order valence-corrected chi connectivity index (χ0v) is 25.9. The lowest BCUT2D eigenvalue weighted by molar-refractivity contribution is -0.126. The molecule has 2 heterocycles. The van der Waals surface area contributed by atoms with Crippen molar-refractivity contribution in [1.82, 2.24) is 4.90 Å². The highest BCUT2D eigenvalue weighted by molar-refractivity contribution is 6.10. The van der Waals surface area contributed by atoms with Crippen LogP contribution in [0.25, 0.3) is 5.70 Å². The summed E-state index contributed by atoms with van der Waals surface area (Å²) in [4.78, 5) is 23.2. The number of amides is 1. The number of nitrogens with two attached hydrogens (primary N) is 1. The minimum Gasteiger partial charge on any atom is -0.497 e. The average molecular weight is 595 g/mol. The van der Waals surface area contributed by atoms with Crippen molar-refractivity contribution < 1.29 is 19.0 Å². The van der Waals surface area contributed by atoms with E-state index in [0.717, 1.165) is 79.0 Å². The highest BCUT2D eigenvalue weighted by Crippen LogP contribution is 2.57.